The topological polar surface area (TPSA) is 42.7 Å². The Morgan fingerprint density at radius 3 is 2.77 bits per heavy atom. The van der Waals surface area contributed by atoms with Crippen LogP contribution in [0.5, 0.6) is 0 Å². The van der Waals surface area contributed by atoms with Crippen LogP contribution in [0.25, 0.3) is 21.9 Å². The Morgan fingerprint density at radius 1 is 1.18 bits per heavy atom. The van der Waals surface area contributed by atoms with Gasteiger partial charge < -0.3 is 5.32 Å². The van der Waals surface area contributed by atoms with E-state index in [0.29, 0.717) is 5.70 Å². The molecular formula is C18H16N4. The van der Waals surface area contributed by atoms with Crippen LogP contribution in [0.1, 0.15) is 6.92 Å². The summed E-state index contributed by atoms with van der Waals surface area (Å²) >= 11 is 0. The number of nitrogens with zero attached hydrogens (tertiary/aromatic N) is 3. The van der Waals surface area contributed by atoms with E-state index in [9.17, 15) is 0 Å². The van der Waals surface area contributed by atoms with Gasteiger partial charge in [-0.15, -0.1) is 0 Å². The van der Waals surface area contributed by atoms with Crippen LogP contribution >= 0.6 is 0 Å². The predicted molar refractivity (Wildman–Crippen MR) is 90.2 cm³/mol. The molecule has 108 valence electrons. The Bertz CT molecular complexity index is 909. The van der Waals surface area contributed by atoms with Crippen molar-refractivity contribution in [3.8, 4) is 23.0 Å². The van der Waals surface area contributed by atoms with E-state index < -0.39 is 0 Å². The van der Waals surface area contributed by atoms with Gasteiger partial charge in [-0.05, 0) is 35.9 Å². The highest BCUT2D eigenvalue weighted by Crippen LogP contribution is 2.25. The van der Waals surface area contributed by atoms with Gasteiger partial charge in [0.05, 0.1) is 11.9 Å². The van der Waals surface area contributed by atoms with Gasteiger partial charge in [0, 0.05) is 30.4 Å². The minimum absolute atomic E-state index is 0.637. The third kappa shape index (κ3) is 2.84. The molecule has 1 aromatic carbocycles. The molecule has 0 saturated carbocycles. The number of nitrogens with one attached hydrogen (secondary N) is 1. The molecule has 22 heavy (non-hydrogen) atoms. The summed E-state index contributed by atoms with van der Waals surface area (Å²) in [7, 11) is 1.91. The van der Waals surface area contributed by atoms with Gasteiger partial charge in [0.2, 0.25) is 0 Å². The largest absolute Gasteiger partial charge is 0.334 e. The highest BCUT2D eigenvalue weighted by Gasteiger charge is 2.04. The molecule has 0 aliphatic heterocycles. The zero-order valence-corrected chi connectivity index (χ0v) is 12.6. The van der Waals surface area contributed by atoms with Crippen molar-refractivity contribution in [1.82, 2.24) is 14.8 Å². The van der Waals surface area contributed by atoms with E-state index >= 15 is 0 Å². The van der Waals surface area contributed by atoms with E-state index in [-0.39, 0.29) is 0 Å². The van der Waals surface area contributed by atoms with Gasteiger partial charge in [-0.1, -0.05) is 24.6 Å². The van der Waals surface area contributed by atoms with Crippen molar-refractivity contribution in [1.29, 1.82) is 0 Å². The molecule has 0 radical (unpaired) electrons. The second-order valence-corrected chi connectivity index (χ2v) is 5.01. The molecular weight excluding hydrogens is 272 g/mol. The molecule has 0 atom stereocenters. The van der Waals surface area contributed by atoms with E-state index in [2.05, 4.69) is 52.0 Å². The Labute approximate surface area is 129 Å². The summed E-state index contributed by atoms with van der Waals surface area (Å²) < 4.78 is 1.80. The molecule has 4 nitrogen and oxygen atoms in total. The Balaban J connectivity index is 1.98. The Morgan fingerprint density at radius 2 is 2.05 bits per heavy atom. The van der Waals surface area contributed by atoms with Gasteiger partial charge in [0.1, 0.15) is 5.82 Å². The minimum Gasteiger partial charge on any atom is -0.334 e. The maximum absolute atomic E-state index is 4.38. The van der Waals surface area contributed by atoms with E-state index in [1.165, 1.54) is 0 Å². The zero-order chi connectivity index (χ0) is 15.5. The fraction of sp³-hybridized carbons (Fsp3) is 0.111. The molecule has 4 heteroatoms. The molecule has 0 fully saturated rings. The monoisotopic (exact) mass is 288 g/mol. The summed E-state index contributed by atoms with van der Waals surface area (Å²) in [6, 6.07) is 8.27. The first-order chi connectivity index (χ1) is 10.7. The minimum atomic E-state index is 0.637. The summed E-state index contributed by atoms with van der Waals surface area (Å²) in [5.74, 6) is 6.42. The molecule has 3 rings (SSSR count). The number of allylic oxidation sites excluding steroid dienone is 1. The maximum atomic E-state index is 4.38. The van der Waals surface area contributed by atoms with Crippen LogP contribution in [-0.4, -0.2) is 14.8 Å². The number of hydrogen-bond donors (Lipinski definition) is 1. The van der Waals surface area contributed by atoms with Crippen molar-refractivity contribution >= 4 is 16.6 Å². The lowest BCUT2D eigenvalue weighted by Gasteiger charge is -2.06. The van der Waals surface area contributed by atoms with Crippen LogP contribution in [0.3, 0.4) is 0 Å². The van der Waals surface area contributed by atoms with Gasteiger partial charge >= 0.3 is 0 Å². The van der Waals surface area contributed by atoms with Gasteiger partial charge in [0.25, 0.3) is 0 Å². The van der Waals surface area contributed by atoms with Crippen LogP contribution < -0.4 is 5.32 Å². The van der Waals surface area contributed by atoms with Crippen molar-refractivity contribution in [3.63, 3.8) is 0 Å². The van der Waals surface area contributed by atoms with Crippen LogP contribution in [0.4, 0.5) is 5.82 Å². The molecule has 0 bridgehead atoms. The third-order valence-corrected chi connectivity index (χ3v) is 3.31. The van der Waals surface area contributed by atoms with Crippen molar-refractivity contribution in [2.75, 3.05) is 5.32 Å². The Hall–Kier alpha value is -3.06. The molecule has 3 aromatic rings. The standard InChI is InChI=1S/C18H16N4/c1-4-5-13(2)21-18-9-16-8-14(6-7-15(16)10-19-18)17-11-20-22(3)12-17/h6-12H,2H2,1,3H3,(H,19,21). The highest BCUT2D eigenvalue weighted by atomic mass is 15.2. The van der Waals surface area contributed by atoms with Crippen LogP contribution in [0.15, 0.2) is 55.1 Å². The van der Waals surface area contributed by atoms with Crippen molar-refractivity contribution in [3.05, 3.63) is 55.1 Å². The molecule has 0 aliphatic rings. The quantitative estimate of drug-likeness (QED) is 0.749. The summed E-state index contributed by atoms with van der Waals surface area (Å²) in [5, 5.41) is 9.51. The number of fused-ring (bicyclic) bond motifs is 1. The van der Waals surface area contributed by atoms with E-state index in [4.69, 9.17) is 0 Å². The van der Waals surface area contributed by atoms with E-state index in [1.807, 2.05) is 31.7 Å². The van der Waals surface area contributed by atoms with Crippen LogP contribution in [0, 0.1) is 11.8 Å². The first kappa shape index (κ1) is 13.9. The number of anilines is 1. The molecule has 0 amide bonds. The second-order valence-electron chi connectivity index (χ2n) is 5.01. The number of aryl methyl sites for hydroxylation is 1. The van der Waals surface area contributed by atoms with Crippen molar-refractivity contribution in [2.24, 2.45) is 7.05 Å². The molecule has 0 saturated heterocycles. The number of rotatable bonds is 3. The lowest BCUT2D eigenvalue weighted by Crippen LogP contribution is -1.97. The lowest BCUT2D eigenvalue weighted by molar-refractivity contribution is 0.768. The fourth-order valence-electron chi connectivity index (χ4n) is 2.30. The molecule has 2 aromatic heterocycles. The molecule has 0 aliphatic carbocycles. The second kappa shape index (κ2) is 5.74. The average Bonchev–Trinajstić information content (AvgIpc) is 2.93. The van der Waals surface area contributed by atoms with Gasteiger partial charge in [-0.25, -0.2) is 4.98 Å². The third-order valence-electron chi connectivity index (χ3n) is 3.31. The van der Waals surface area contributed by atoms with E-state index in [1.54, 1.807) is 11.6 Å². The van der Waals surface area contributed by atoms with Crippen molar-refractivity contribution < 1.29 is 0 Å². The fourth-order valence-corrected chi connectivity index (χ4v) is 2.30. The summed E-state index contributed by atoms with van der Waals surface area (Å²) in [5.41, 5.74) is 2.86. The first-order valence-corrected chi connectivity index (χ1v) is 6.93. The van der Waals surface area contributed by atoms with Gasteiger partial charge in [-0.3, -0.25) is 4.68 Å². The predicted octanol–water partition coefficient (Wildman–Crippen LogP) is 3.58. The number of aromatic nitrogens is 3. The van der Waals surface area contributed by atoms with Gasteiger partial charge in [0.15, 0.2) is 0 Å². The highest BCUT2D eigenvalue weighted by molar-refractivity contribution is 5.88. The molecule has 1 N–H and O–H groups in total. The van der Waals surface area contributed by atoms with Crippen molar-refractivity contribution in [2.45, 2.75) is 6.92 Å². The smallest absolute Gasteiger partial charge is 0.131 e. The zero-order valence-electron chi connectivity index (χ0n) is 12.6. The average molecular weight is 288 g/mol. The summed E-state index contributed by atoms with van der Waals surface area (Å²) in [6.07, 6.45) is 5.71. The lowest BCUT2D eigenvalue weighted by atomic mass is 10.1. The van der Waals surface area contributed by atoms with Crippen LogP contribution in [-0.2, 0) is 7.05 Å². The first-order valence-electron chi connectivity index (χ1n) is 6.93. The number of pyridine rings is 1. The van der Waals surface area contributed by atoms with E-state index in [0.717, 1.165) is 27.7 Å². The maximum Gasteiger partial charge on any atom is 0.131 e. The SMILES string of the molecule is C=C(C#CC)Nc1cc2cc(-c3cnn(C)c3)ccc2cn1. The normalized spacial score (nSPS) is 10.1. The molecule has 2 heterocycles. The molecule has 0 unspecified atom stereocenters. The van der Waals surface area contributed by atoms with Gasteiger partial charge in [-0.2, -0.15) is 5.10 Å². The summed E-state index contributed by atoms with van der Waals surface area (Å²) in [4.78, 5) is 4.38. The summed E-state index contributed by atoms with van der Waals surface area (Å²) in [6.45, 7) is 5.63. The number of benzene rings is 1. The van der Waals surface area contributed by atoms with Crippen LogP contribution in [0.2, 0.25) is 0 Å². The molecule has 0 spiro atoms. The Kier molecular flexibility index (Phi) is 3.63. The number of hydrogen-bond acceptors (Lipinski definition) is 3.